The molecule has 1 unspecified atom stereocenters. The molecule has 0 saturated carbocycles. The highest BCUT2D eigenvalue weighted by molar-refractivity contribution is 5.78. The van der Waals surface area contributed by atoms with Crippen LogP contribution >= 0.6 is 0 Å². The summed E-state index contributed by atoms with van der Waals surface area (Å²) in [7, 11) is 0. The molecule has 1 saturated heterocycles. The van der Waals surface area contributed by atoms with E-state index in [0.717, 1.165) is 51.1 Å². The molecule has 2 nitrogen and oxygen atoms in total. The first-order chi connectivity index (χ1) is 7.33. The highest BCUT2D eigenvalue weighted by Crippen LogP contribution is 2.16. The van der Waals surface area contributed by atoms with Crippen LogP contribution in [0.3, 0.4) is 0 Å². The lowest BCUT2D eigenvalue weighted by atomic mass is 9.93. The molecule has 1 rings (SSSR count). The maximum absolute atomic E-state index is 11.5. The minimum absolute atomic E-state index is 0.433. The molecule has 1 heterocycles. The lowest BCUT2D eigenvalue weighted by molar-refractivity contribution is -0.119. The Bertz CT molecular complexity index is 195. The number of Topliss-reactive ketones (excluding diaryl/α,β-unsaturated/α-hetero) is 1. The summed E-state index contributed by atoms with van der Waals surface area (Å²) in [6, 6.07) is 0. The Morgan fingerprint density at radius 2 is 2.33 bits per heavy atom. The summed E-state index contributed by atoms with van der Waals surface area (Å²) in [4.78, 5) is 11.5. The van der Waals surface area contributed by atoms with Gasteiger partial charge in [-0.15, -0.1) is 6.58 Å². The molecule has 0 spiro atoms. The van der Waals surface area contributed by atoms with E-state index in [-0.39, 0.29) is 0 Å². The second-order valence-electron chi connectivity index (χ2n) is 4.47. The van der Waals surface area contributed by atoms with E-state index in [4.69, 9.17) is 0 Å². The summed E-state index contributed by atoms with van der Waals surface area (Å²) in [5, 5.41) is 3.39. The smallest absolute Gasteiger partial charge is 0.132 e. The van der Waals surface area contributed by atoms with Crippen LogP contribution in [0.2, 0.25) is 0 Å². The summed E-state index contributed by atoms with van der Waals surface area (Å²) in [6.07, 6.45) is 9.01. The number of ketones is 1. The van der Waals surface area contributed by atoms with Crippen LogP contribution in [-0.2, 0) is 4.79 Å². The molecule has 0 radical (unpaired) electrons. The number of hydrogen-bond donors (Lipinski definition) is 1. The lowest BCUT2D eigenvalue weighted by Gasteiger charge is -2.22. The molecule has 1 aliphatic heterocycles. The molecule has 0 amide bonds. The molecule has 86 valence electrons. The minimum Gasteiger partial charge on any atom is -0.316 e. The van der Waals surface area contributed by atoms with Gasteiger partial charge < -0.3 is 5.32 Å². The van der Waals surface area contributed by atoms with Crippen molar-refractivity contribution in [2.75, 3.05) is 13.1 Å². The third kappa shape index (κ3) is 5.73. The number of allylic oxidation sites excluding steroid dienone is 1. The second-order valence-corrected chi connectivity index (χ2v) is 4.47. The van der Waals surface area contributed by atoms with Crippen LogP contribution in [0, 0.1) is 5.92 Å². The summed E-state index contributed by atoms with van der Waals surface area (Å²) in [5.74, 6) is 1.17. The quantitative estimate of drug-likeness (QED) is 0.516. The molecule has 0 aromatic carbocycles. The van der Waals surface area contributed by atoms with Gasteiger partial charge >= 0.3 is 0 Å². The molecule has 0 aromatic heterocycles. The van der Waals surface area contributed by atoms with Crippen LogP contribution in [-0.4, -0.2) is 18.9 Å². The molecule has 1 N–H and O–H groups in total. The van der Waals surface area contributed by atoms with E-state index in [0.29, 0.717) is 5.78 Å². The molecule has 2 heteroatoms. The fraction of sp³-hybridized carbons (Fsp3) is 0.769. The molecule has 1 aliphatic rings. The minimum atomic E-state index is 0.433. The molecular weight excluding hydrogens is 186 g/mol. The fourth-order valence-corrected chi connectivity index (χ4v) is 2.10. The predicted octanol–water partition coefficient (Wildman–Crippen LogP) is 2.69. The third-order valence-electron chi connectivity index (χ3n) is 3.09. The van der Waals surface area contributed by atoms with Gasteiger partial charge in [0.1, 0.15) is 5.78 Å². The van der Waals surface area contributed by atoms with Crippen LogP contribution in [0.1, 0.15) is 44.9 Å². The van der Waals surface area contributed by atoms with Crippen molar-refractivity contribution in [1.82, 2.24) is 5.32 Å². The molecule has 1 atom stereocenters. The number of hydrogen-bond acceptors (Lipinski definition) is 2. The van der Waals surface area contributed by atoms with Gasteiger partial charge in [0.15, 0.2) is 0 Å². The van der Waals surface area contributed by atoms with Crippen LogP contribution < -0.4 is 5.32 Å². The highest BCUT2D eigenvalue weighted by Gasteiger charge is 2.13. The monoisotopic (exact) mass is 209 g/mol. The van der Waals surface area contributed by atoms with Crippen LogP contribution in [0.15, 0.2) is 12.7 Å². The topological polar surface area (TPSA) is 29.1 Å². The number of piperidine rings is 1. The summed E-state index contributed by atoms with van der Waals surface area (Å²) >= 11 is 0. The first kappa shape index (κ1) is 12.4. The van der Waals surface area contributed by atoms with Gasteiger partial charge in [0.25, 0.3) is 0 Å². The fourth-order valence-electron chi connectivity index (χ4n) is 2.10. The van der Waals surface area contributed by atoms with Crippen molar-refractivity contribution < 1.29 is 4.79 Å². The van der Waals surface area contributed by atoms with E-state index >= 15 is 0 Å². The largest absolute Gasteiger partial charge is 0.316 e. The van der Waals surface area contributed by atoms with Crippen molar-refractivity contribution in [3.8, 4) is 0 Å². The number of nitrogens with one attached hydrogen (secondary N) is 1. The van der Waals surface area contributed by atoms with E-state index in [9.17, 15) is 4.79 Å². The van der Waals surface area contributed by atoms with Crippen LogP contribution in [0.5, 0.6) is 0 Å². The normalized spacial score (nSPS) is 21.2. The Morgan fingerprint density at radius 1 is 1.47 bits per heavy atom. The predicted molar refractivity (Wildman–Crippen MR) is 63.9 cm³/mol. The third-order valence-corrected chi connectivity index (χ3v) is 3.09. The molecule has 15 heavy (non-hydrogen) atoms. The van der Waals surface area contributed by atoms with Crippen molar-refractivity contribution in [3.05, 3.63) is 12.7 Å². The van der Waals surface area contributed by atoms with Gasteiger partial charge in [0.2, 0.25) is 0 Å². The van der Waals surface area contributed by atoms with E-state index in [1.165, 1.54) is 12.8 Å². The Balaban J connectivity index is 2.02. The van der Waals surface area contributed by atoms with Crippen molar-refractivity contribution in [3.63, 3.8) is 0 Å². The number of carbonyl (C=O) groups is 1. The average Bonchev–Trinajstić information content (AvgIpc) is 2.28. The number of rotatable bonds is 7. The highest BCUT2D eigenvalue weighted by atomic mass is 16.1. The SMILES string of the molecule is C=CCCCC(=O)CCC1CCCNC1. The van der Waals surface area contributed by atoms with E-state index < -0.39 is 0 Å². The van der Waals surface area contributed by atoms with Gasteiger partial charge in [-0.3, -0.25) is 4.79 Å². The van der Waals surface area contributed by atoms with Gasteiger partial charge in [-0.25, -0.2) is 0 Å². The molecule has 1 fully saturated rings. The summed E-state index contributed by atoms with van der Waals surface area (Å²) in [6.45, 7) is 5.92. The van der Waals surface area contributed by atoms with Gasteiger partial charge in [0.05, 0.1) is 0 Å². The van der Waals surface area contributed by atoms with E-state index in [1.807, 2.05) is 6.08 Å². The number of carbonyl (C=O) groups excluding carboxylic acids is 1. The zero-order valence-electron chi connectivity index (χ0n) is 9.63. The van der Waals surface area contributed by atoms with Crippen molar-refractivity contribution in [2.45, 2.75) is 44.9 Å². The Morgan fingerprint density at radius 3 is 3.00 bits per heavy atom. The standard InChI is InChI=1S/C13H23NO/c1-2-3-4-7-13(15)9-8-12-6-5-10-14-11-12/h2,12,14H,1,3-11H2. The Hall–Kier alpha value is -0.630. The maximum atomic E-state index is 11.5. The van der Waals surface area contributed by atoms with Crippen molar-refractivity contribution >= 4 is 5.78 Å². The maximum Gasteiger partial charge on any atom is 0.132 e. The Kier molecular flexibility index (Phi) is 6.33. The summed E-state index contributed by atoms with van der Waals surface area (Å²) < 4.78 is 0. The van der Waals surface area contributed by atoms with Crippen molar-refractivity contribution in [1.29, 1.82) is 0 Å². The molecular formula is C13H23NO. The second kappa shape index (κ2) is 7.63. The first-order valence-corrected chi connectivity index (χ1v) is 6.16. The molecule has 0 bridgehead atoms. The van der Waals surface area contributed by atoms with Crippen LogP contribution in [0.25, 0.3) is 0 Å². The Labute approximate surface area is 93.1 Å². The van der Waals surface area contributed by atoms with E-state index in [2.05, 4.69) is 11.9 Å². The van der Waals surface area contributed by atoms with Crippen LogP contribution in [0.4, 0.5) is 0 Å². The van der Waals surface area contributed by atoms with Gasteiger partial charge in [-0.05, 0) is 51.1 Å². The number of unbranched alkanes of at least 4 members (excludes halogenated alkanes) is 1. The lowest BCUT2D eigenvalue weighted by Crippen LogP contribution is -2.29. The molecule has 0 aromatic rings. The van der Waals surface area contributed by atoms with Gasteiger partial charge in [-0.2, -0.15) is 0 Å². The van der Waals surface area contributed by atoms with Gasteiger partial charge in [-0.1, -0.05) is 6.08 Å². The average molecular weight is 209 g/mol. The molecule has 0 aliphatic carbocycles. The summed E-state index contributed by atoms with van der Waals surface area (Å²) in [5.41, 5.74) is 0. The van der Waals surface area contributed by atoms with Crippen molar-refractivity contribution in [2.24, 2.45) is 5.92 Å². The van der Waals surface area contributed by atoms with E-state index in [1.54, 1.807) is 0 Å². The zero-order chi connectivity index (χ0) is 10.9. The zero-order valence-corrected chi connectivity index (χ0v) is 9.63. The van der Waals surface area contributed by atoms with Gasteiger partial charge in [0, 0.05) is 12.8 Å². The first-order valence-electron chi connectivity index (χ1n) is 6.16.